The Balaban J connectivity index is 1.57. The molecule has 1 N–H and O–H groups in total. The molecular weight excluding hydrogens is 378 g/mol. The lowest BCUT2D eigenvalue weighted by Gasteiger charge is -2.13. The van der Waals surface area contributed by atoms with Crippen molar-refractivity contribution < 1.29 is 9.53 Å². The molecule has 5 nitrogen and oxygen atoms in total. The summed E-state index contributed by atoms with van der Waals surface area (Å²) < 4.78 is 5.22. The van der Waals surface area contributed by atoms with Crippen LogP contribution in [0.5, 0.6) is 5.75 Å². The minimum absolute atomic E-state index is 0.0513. The summed E-state index contributed by atoms with van der Waals surface area (Å²) in [6, 6.07) is 7.38. The van der Waals surface area contributed by atoms with Crippen molar-refractivity contribution in [2.45, 2.75) is 43.4 Å². The lowest BCUT2D eigenvalue weighted by Crippen LogP contribution is -2.22. The fourth-order valence-electron chi connectivity index (χ4n) is 3.31. The van der Waals surface area contributed by atoms with Gasteiger partial charge in [-0.1, -0.05) is 17.8 Å². The minimum atomic E-state index is -0.273. The van der Waals surface area contributed by atoms with Crippen LogP contribution in [0, 0.1) is 6.92 Å². The molecule has 1 atom stereocenters. The van der Waals surface area contributed by atoms with Crippen molar-refractivity contribution in [2.75, 3.05) is 12.4 Å². The molecule has 3 aromatic rings. The van der Waals surface area contributed by atoms with E-state index in [0.29, 0.717) is 0 Å². The molecule has 7 heteroatoms. The molecule has 0 bridgehead atoms. The highest BCUT2D eigenvalue weighted by molar-refractivity contribution is 8.00. The number of hydrogen-bond acceptors (Lipinski definition) is 6. The zero-order chi connectivity index (χ0) is 19.0. The number of thiophene rings is 1. The number of amides is 1. The van der Waals surface area contributed by atoms with E-state index in [1.807, 2.05) is 38.1 Å². The van der Waals surface area contributed by atoms with Gasteiger partial charge in [-0.15, -0.1) is 11.3 Å². The van der Waals surface area contributed by atoms with Crippen LogP contribution in [0.4, 0.5) is 5.69 Å². The Kier molecular flexibility index (Phi) is 5.06. The van der Waals surface area contributed by atoms with Gasteiger partial charge in [0, 0.05) is 22.0 Å². The second kappa shape index (κ2) is 7.48. The van der Waals surface area contributed by atoms with Crippen molar-refractivity contribution in [1.82, 2.24) is 9.97 Å². The largest absolute Gasteiger partial charge is 0.497 e. The topological polar surface area (TPSA) is 64.1 Å². The fraction of sp³-hybridized carbons (Fsp3) is 0.350. The van der Waals surface area contributed by atoms with Crippen molar-refractivity contribution in [3.8, 4) is 5.75 Å². The van der Waals surface area contributed by atoms with E-state index in [2.05, 4.69) is 15.3 Å². The minimum Gasteiger partial charge on any atom is -0.497 e. The maximum absolute atomic E-state index is 12.7. The van der Waals surface area contributed by atoms with E-state index in [1.54, 1.807) is 18.4 Å². The number of benzene rings is 1. The first-order valence-corrected chi connectivity index (χ1v) is 10.6. The quantitative estimate of drug-likeness (QED) is 0.501. The predicted molar refractivity (Wildman–Crippen MR) is 111 cm³/mol. The monoisotopic (exact) mass is 399 g/mol. The maximum atomic E-state index is 12.7. The number of fused-ring (bicyclic) bond motifs is 3. The number of anilines is 1. The fourth-order valence-corrected chi connectivity index (χ4v) is 5.71. The van der Waals surface area contributed by atoms with Crippen LogP contribution in [-0.2, 0) is 17.6 Å². The average Bonchev–Trinajstić information content (AvgIpc) is 3.22. The molecule has 2 aromatic heterocycles. The summed E-state index contributed by atoms with van der Waals surface area (Å²) in [7, 11) is 1.61. The highest BCUT2D eigenvalue weighted by atomic mass is 32.2. The van der Waals surface area contributed by atoms with Crippen LogP contribution in [0.2, 0.25) is 0 Å². The zero-order valence-electron chi connectivity index (χ0n) is 15.5. The van der Waals surface area contributed by atoms with Gasteiger partial charge in [0.25, 0.3) is 0 Å². The summed E-state index contributed by atoms with van der Waals surface area (Å²) >= 11 is 3.29. The average molecular weight is 400 g/mol. The Morgan fingerprint density at radius 3 is 3.00 bits per heavy atom. The lowest BCUT2D eigenvalue weighted by molar-refractivity contribution is -0.115. The number of rotatable bonds is 5. The molecule has 1 aromatic carbocycles. The molecule has 2 heterocycles. The van der Waals surface area contributed by atoms with Crippen molar-refractivity contribution in [1.29, 1.82) is 0 Å². The summed E-state index contributed by atoms with van der Waals surface area (Å²) in [5, 5.41) is 4.77. The van der Waals surface area contributed by atoms with Crippen LogP contribution in [0.1, 0.15) is 29.6 Å². The number of ether oxygens (including phenoxy) is 1. The van der Waals surface area contributed by atoms with Gasteiger partial charge in [-0.05, 0) is 50.8 Å². The normalized spacial score (nSPS) is 14.2. The molecule has 0 aliphatic heterocycles. The second-order valence-electron chi connectivity index (χ2n) is 6.59. The molecule has 140 valence electrons. The van der Waals surface area contributed by atoms with Gasteiger partial charge in [-0.25, -0.2) is 9.97 Å². The van der Waals surface area contributed by atoms with E-state index in [9.17, 15) is 4.79 Å². The molecule has 1 aliphatic rings. The molecule has 0 saturated carbocycles. The number of aryl methyl sites for hydroxylation is 3. The highest BCUT2D eigenvalue weighted by Crippen LogP contribution is 2.41. The molecular formula is C20H21N3O2S2. The summed E-state index contributed by atoms with van der Waals surface area (Å²) in [4.78, 5) is 24.5. The van der Waals surface area contributed by atoms with E-state index in [-0.39, 0.29) is 11.2 Å². The van der Waals surface area contributed by atoms with Crippen LogP contribution in [0.25, 0.3) is 10.2 Å². The summed E-state index contributed by atoms with van der Waals surface area (Å²) in [5.41, 5.74) is 2.12. The molecule has 0 spiro atoms. The Hall–Kier alpha value is -2.12. The van der Waals surface area contributed by atoms with Crippen molar-refractivity contribution in [2.24, 2.45) is 0 Å². The highest BCUT2D eigenvalue weighted by Gasteiger charge is 2.24. The van der Waals surface area contributed by atoms with Crippen LogP contribution in [0.15, 0.2) is 29.3 Å². The van der Waals surface area contributed by atoms with Crippen LogP contribution >= 0.6 is 23.1 Å². The third-order valence-corrected chi connectivity index (χ3v) is 6.91. The molecule has 0 radical (unpaired) electrons. The van der Waals surface area contributed by atoms with Crippen molar-refractivity contribution >= 4 is 44.9 Å². The number of aromatic nitrogens is 2. The molecule has 1 aliphatic carbocycles. The van der Waals surface area contributed by atoms with Crippen LogP contribution in [-0.4, -0.2) is 28.2 Å². The standard InChI is InChI=1S/C20H21N3O2S2/c1-11(18(24)23-13-6-4-7-14(10-13)25-3)26-19-17-15-8-5-9-16(15)27-20(17)22-12(2)21-19/h4,6-7,10-11H,5,8-9H2,1-3H3,(H,23,24)/t11-/m1/s1. The Morgan fingerprint density at radius 1 is 1.33 bits per heavy atom. The zero-order valence-corrected chi connectivity index (χ0v) is 17.2. The summed E-state index contributed by atoms with van der Waals surface area (Å²) in [6.07, 6.45) is 3.41. The molecule has 0 saturated heterocycles. The smallest absolute Gasteiger partial charge is 0.237 e. The van der Waals surface area contributed by atoms with Crippen molar-refractivity contribution in [3.63, 3.8) is 0 Å². The third kappa shape index (κ3) is 3.66. The third-order valence-electron chi connectivity index (χ3n) is 4.64. The van der Waals surface area contributed by atoms with Gasteiger partial charge in [0.05, 0.1) is 12.4 Å². The first kappa shape index (κ1) is 18.3. The van der Waals surface area contributed by atoms with Gasteiger partial charge in [0.15, 0.2) is 0 Å². The molecule has 1 amide bonds. The van der Waals surface area contributed by atoms with Gasteiger partial charge in [0.2, 0.25) is 5.91 Å². The number of thioether (sulfide) groups is 1. The SMILES string of the molecule is COc1cccc(NC(=O)[C@@H](C)Sc2nc(C)nc3sc4c(c23)CCC4)c1. The van der Waals surface area contributed by atoms with Gasteiger partial charge in [-0.2, -0.15) is 0 Å². The van der Waals surface area contributed by atoms with E-state index >= 15 is 0 Å². The van der Waals surface area contributed by atoms with Gasteiger partial charge in [0.1, 0.15) is 21.4 Å². The molecule has 0 fully saturated rings. The van der Waals surface area contributed by atoms with Crippen molar-refractivity contribution in [3.05, 3.63) is 40.5 Å². The van der Waals surface area contributed by atoms with Gasteiger partial charge < -0.3 is 10.1 Å². The van der Waals surface area contributed by atoms with E-state index in [1.165, 1.54) is 28.6 Å². The first-order valence-electron chi connectivity index (χ1n) is 8.95. The van der Waals surface area contributed by atoms with E-state index in [4.69, 9.17) is 4.74 Å². The summed E-state index contributed by atoms with van der Waals surface area (Å²) in [6.45, 7) is 3.82. The second-order valence-corrected chi connectivity index (χ2v) is 9.01. The maximum Gasteiger partial charge on any atom is 0.237 e. The van der Waals surface area contributed by atoms with Gasteiger partial charge >= 0.3 is 0 Å². The van der Waals surface area contributed by atoms with Gasteiger partial charge in [-0.3, -0.25) is 4.79 Å². The van der Waals surface area contributed by atoms with Crippen LogP contribution in [0.3, 0.4) is 0 Å². The number of carbonyl (C=O) groups excluding carboxylic acids is 1. The molecule has 0 unspecified atom stereocenters. The predicted octanol–water partition coefficient (Wildman–Crippen LogP) is 4.62. The lowest BCUT2D eigenvalue weighted by atomic mass is 10.2. The summed E-state index contributed by atoms with van der Waals surface area (Å²) in [5.74, 6) is 1.42. The number of carbonyl (C=O) groups is 1. The first-order chi connectivity index (χ1) is 13.0. The Labute approximate surface area is 166 Å². The molecule has 4 rings (SSSR count). The number of nitrogens with zero attached hydrogens (tertiary/aromatic N) is 2. The molecule has 27 heavy (non-hydrogen) atoms. The Morgan fingerprint density at radius 2 is 2.19 bits per heavy atom. The van der Waals surface area contributed by atoms with Crippen LogP contribution < -0.4 is 10.1 Å². The number of methoxy groups -OCH3 is 1. The number of nitrogens with one attached hydrogen (secondary N) is 1. The number of hydrogen-bond donors (Lipinski definition) is 1. The Bertz CT molecular complexity index is 1020. The van der Waals surface area contributed by atoms with E-state index in [0.717, 1.165) is 45.3 Å². The van der Waals surface area contributed by atoms with E-state index < -0.39 is 0 Å².